The van der Waals surface area contributed by atoms with Crippen molar-refractivity contribution in [2.45, 2.75) is 44.7 Å². The Morgan fingerprint density at radius 1 is 1.08 bits per heavy atom. The molecule has 0 spiro atoms. The minimum Gasteiger partial charge on any atom is -0.339 e. The smallest absolute Gasteiger partial charge is 0.253 e. The van der Waals surface area contributed by atoms with Crippen LogP contribution in [0.15, 0.2) is 54.9 Å². The van der Waals surface area contributed by atoms with Crippen molar-refractivity contribution in [3.63, 3.8) is 0 Å². The van der Waals surface area contributed by atoms with Gasteiger partial charge in [0.05, 0.1) is 17.4 Å². The monoisotopic (exact) mass is 347 g/mol. The molecule has 1 aliphatic carbocycles. The van der Waals surface area contributed by atoms with E-state index in [-0.39, 0.29) is 5.91 Å². The molecule has 0 atom stereocenters. The summed E-state index contributed by atoms with van der Waals surface area (Å²) in [7, 11) is 1.95. The first kappa shape index (κ1) is 16.8. The quantitative estimate of drug-likeness (QED) is 0.697. The molecule has 0 saturated heterocycles. The van der Waals surface area contributed by atoms with E-state index in [9.17, 15) is 4.79 Å². The van der Waals surface area contributed by atoms with Crippen molar-refractivity contribution >= 4 is 16.9 Å². The van der Waals surface area contributed by atoms with Gasteiger partial charge in [-0.05, 0) is 42.7 Å². The minimum absolute atomic E-state index is 0.136. The molecule has 4 nitrogen and oxygen atoms in total. The Morgan fingerprint density at radius 2 is 1.81 bits per heavy atom. The molecule has 1 heterocycles. The van der Waals surface area contributed by atoms with Gasteiger partial charge >= 0.3 is 0 Å². The first-order valence-corrected chi connectivity index (χ1v) is 9.48. The fourth-order valence-corrected chi connectivity index (χ4v) is 3.92. The molecule has 2 aromatic carbocycles. The third-order valence-corrected chi connectivity index (χ3v) is 5.52. The van der Waals surface area contributed by atoms with Gasteiger partial charge in [-0.25, -0.2) is 4.98 Å². The molecule has 3 aromatic rings. The fraction of sp³-hybridized carbons (Fsp3) is 0.364. The molecule has 26 heavy (non-hydrogen) atoms. The zero-order valence-corrected chi connectivity index (χ0v) is 15.3. The van der Waals surface area contributed by atoms with Crippen LogP contribution >= 0.6 is 0 Å². The number of carbonyl (C=O) groups excluding carboxylic acids is 1. The summed E-state index contributed by atoms with van der Waals surface area (Å²) >= 11 is 0. The second kappa shape index (κ2) is 7.32. The Morgan fingerprint density at radius 3 is 2.58 bits per heavy atom. The van der Waals surface area contributed by atoms with Crippen molar-refractivity contribution in [2.24, 2.45) is 0 Å². The summed E-state index contributed by atoms with van der Waals surface area (Å²) in [6, 6.07) is 16.5. The van der Waals surface area contributed by atoms with E-state index in [2.05, 4.69) is 27.8 Å². The van der Waals surface area contributed by atoms with Gasteiger partial charge in [0.2, 0.25) is 0 Å². The van der Waals surface area contributed by atoms with E-state index >= 15 is 0 Å². The Kier molecular flexibility index (Phi) is 4.74. The molecule has 0 unspecified atom stereocenters. The number of amides is 1. The van der Waals surface area contributed by atoms with Crippen LogP contribution in [0.3, 0.4) is 0 Å². The molecular weight excluding hydrogens is 322 g/mol. The molecule has 0 radical (unpaired) electrons. The lowest BCUT2D eigenvalue weighted by Crippen LogP contribution is -2.38. The highest BCUT2D eigenvalue weighted by molar-refractivity contribution is 5.94. The normalized spacial score (nSPS) is 15.3. The molecule has 4 heteroatoms. The Balaban J connectivity index is 1.47. The molecule has 1 saturated carbocycles. The highest BCUT2D eigenvalue weighted by Crippen LogP contribution is 2.23. The highest BCUT2D eigenvalue weighted by atomic mass is 16.2. The van der Waals surface area contributed by atoms with Gasteiger partial charge in [0.1, 0.15) is 0 Å². The van der Waals surface area contributed by atoms with Crippen LogP contribution in [0.25, 0.3) is 11.0 Å². The van der Waals surface area contributed by atoms with Crippen LogP contribution in [0.5, 0.6) is 0 Å². The standard InChI is InChI=1S/C22H25N3O/c1-24(19-7-3-2-4-8-19)22(26)18-13-11-17(12-14-18)15-25-16-23-20-9-5-6-10-21(20)25/h5-6,9-14,16,19H,2-4,7-8,15H2,1H3. The van der Waals surface area contributed by atoms with E-state index in [1.807, 2.05) is 48.6 Å². The number of benzene rings is 2. The van der Waals surface area contributed by atoms with Crippen LogP contribution in [0.4, 0.5) is 0 Å². The van der Waals surface area contributed by atoms with Gasteiger partial charge in [-0.3, -0.25) is 4.79 Å². The maximum atomic E-state index is 12.8. The fourth-order valence-electron chi connectivity index (χ4n) is 3.92. The zero-order valence-electron chi connectivity index (χ0n) is 15.3. The summed E-state index contributed by atoms with van der Waals surface area (Å²) in [5, 5.41) is 0. The molecule has 1 aliphatic rings. The van der Waals surface area contributed by atoms with Crippen LogP contribution in [-0.2, 0) is 6.54 Å². The molecule has 1 fully saturated rings. The van der Waals surface area contributed by atoms with Gasteiger partial charge in [-0.2, -0.15) is 0 Å². The average Bonchev–Trinajstić information content (AvgIpc) is 3.11. The molecule has 4 rings (SSSR count). The van der Waals surface area contributed by atoms with Gasteiger partial charge in [-0.1, -0.05) is 43.5 Å². The number of imidazole rings is 1. The molecule has 1 aromatic heterocycles. The second-order valence-electron chi connectivity index (χ2n) is 7.27. The Hall–Kier alpha value is -2.62. The molecule has 0 N–H and O–H groups in total. The molecule has 134 valence electrons. The number of hydrogen-bond donors (Lipinski definition) is 0. The summed E-state index contributed by atoms with van der Waals surface area (Å²) in [5.41, 5.74) is 4.08. The predicted molar refractivity (Wildman–Crippen MR) is 104 cm³/mol. The minimum atomic E-state index is 0.136. The second-order valence-corrected chi connectivity index (χ2v) is 7.27. The summed E-state index contributed by atoms with van der Waals surface area (Å²) in [4.78, 5) is 19.1. The number of para-hydroxylation sites is 2. The molecule has 1 amide bonds. The van der Waals surface area contributed by atoms with Crippen LogP contribution < -0.4 is 0 Å². The van der Waals surface area contributed by atoms with Gasteiger partial charge in [0.25, 0.3) is 5.91 Å². The topological polar surface area (TPSA) is 38.1 Å². The van der Waals surface area contributed by atoms with E-state index in [0.717, 1.165) is 36.0 Å². The van der Waals surface area contributed by atoms with Crippen molar-refractivity contribution in [1.29, 1.82) is 0 Å². The SMILES string of the molecule is CN(C(=O)c1ccc(Cn2cnc3ccccc32)cc1)C1CCCCC1. The summed E-state index contributed by atoms with van der Waals surface area (Å²) in [5.74, 6) is 0.136. The summed E-state index contributed by atoms with van der Waals surface area (Å²) in [6.07, 6.45) is 7.92. The maximum Gasteiger partial charge on any atom is 0.253 e. The maximum absolute atomic E-state index is 12.8. The van der Waals surface area contributed by atoms with Crippen molar-refractivity contribution in [3.8, 4) is 0 Å². The third-order valence-electron chi connectivity index (χ3n) is 5.52. The number of carbonyl (C=O) groups is 1. The largest absolute Gasteiger partial charge is 0.339 e. The molecule has 0 aliphatic heterocycles. The molecular formula is C22H25N3O. The third kappa shape index (κ3) is 3.36. The summed E-state index contributed by atoms with van der Waals surface area (Å²) in [6.45, 7) is 0.757. The number of hydrogen-bond acceptors (Lipinski definition) is 2. The van der Waals surface area contributed by atoms with Crippen molar-refractivity contribution in [1.82, 2.24) is 14.5 Å². The summed E-state index contributed by atoms with van der Waals surface area (Å²) < 4.78 is 2.14. The predicted octanol–water partition coefficient (Wildman–Crippen LogP) is 4.49. The van der Waals surface area contributed by atoms with Gasteiger partial charge in [0, 0.05) is 25.2 Å². The van der Waals surface area contributed by atoms with Crippen molar-refractivity contribution < 1.29 is 4.79 Å². The zero-order chi connectivity index (χ0) is 17.9. The van der Waals surface area contributed by atoms with Crippen LogP contribution in [0.1, 0.15) is 48.0 Å². The first-order valence-electron chi connectivity index (χ1n) is 9.48. The van der Waals surface area contributed by atoms with Crippen LogP contribution in [0.2, 0.25) is 0 Å². The Labute approximate surface area is 154 Å². The lowest BCUT2D eigenvalue weighted by atomic mass is 9.94. The lowest BCUT2D eigenvalue weighted by molar-refractivity contribution is 0.0696. The number of aromatic nitrogens is 2. The van der Waals surface area contributed by atoms with Gasteiger partial charge in [-0.15, -0.1) is 0 Å². The van der Waals surface area contributed by atoms with E-state index in [1.165, 1.54) is 24.8 Å². The van der Waals surface area contributed by atoms with Crippen LogP contribution in [0, 0.1) is 0 Å². The number of fused-ring (bicyclic) bond motifs is 1. The van der Waals surface area contributed by atoms with E-state index in [1.54, 1.807) is 0 Å². The van der Waals surface area contributed by atoms with Crippen LogP contribution in [-0.4, -0.2) is 33.4 Å². The lowest BCUT2D eigenvalue weighted by Gasteiger charge is -2.31. The van der Waals surface area contributed by atoms with Crippen molar-refractivity contribution in [3.05, 3.63) is 66.0 Å². The number of rotatable bonds is 4. The van der Waals surface area contributed by atoms with Gasteiger partial charge < -0.3 is 9.47 Å². The number of nitrogens with zero attached hydrogens (tertiary/aromatic N) is 3. The average molecular weight is 347 g/mol. The van der Waals surface area contributed by atoms with Gasteiger partial charge in [0.15, 0.2) is 0 Å². The first-order chi connectivity index (χ1) is 12.7. The van der Waals surface area contributed by atoms with E-state index < -0.39 is 0 Å². The van der Waals surface area contributed by atoms with E-state index in [4.69, 9.17) is 0 Å². The van der Waals surface area contributed by atoms with E-state index in [0.29, 0.717) is 6.04 Å². The highest BCUT2D eigenvalue weighted by Gasteiger charge is 2.22. The Bertz CT molecular complexity index is 891. The van der Waals surface area contributed by atoms with Crippen molar-refractivity contribution in [2.75, 3.05) is 7.05 Å². The molecule has 0 bridgehead atoms.